The Kier molecular flexibility index (Phi) is 2.39. The molecule has 0 amide bonds. The highest BCUT2D eigenvalue weighted by Gasteiger charge is 2.00. The summed E-state index contributed by atoms with van der Waals surface area (Å²) in [5.41, 5.74) is 1.07. The molecule has 0 spiro atoms. The number of nitrogens with zero attached hydrogens (tertiary/aromatic N) is 1. The third-order valence-electron chi connectivity index (χ3n) is 1.57. The van der Waals surface area contributed by atoms with Crippen molar-refractivity contribution in [2.45, 2.75) is 4.90 Å². The molecule has 0 saturated heterocycles. The van der Waals surface area contributed by atoms with Gasteiger partial charge in [-0.2, -0.15) is 0 Å². The molecule has 0 aliphatic rings. The Bertz CT molecular complexity index is 410. The maximum absolute atomic E-state index is 4.31. The molecule has 0 aliphatic heterocycles. The monoisotopic (exact) mass is 259 g/mol. The quantitative estimate of drug-likeness (QED) is 0.724. The van der Waals surface area contributed by atoms with Crippen molar-refractivity contribution in [1.29, 1.82) is 0 Å². The summed E-state index contributed by atoms with van der Waals surface area (Å²) >= 11 is 6.80. The highest BCUT2D eigenvalue weighted by atomic mass is 79.9. The van der Waals surface area contributed by atoms with Gasteiger partial charge >= 0.3 is 0 Å². The summed E-state index contributed by atoms with van der Waals surface area (Å²) in [5, 5.41) is 0. The molecule has 0 atom stereocenters. The van der Waals surface area contributed by atoms with Crippen molar-refractivity contribution in [1.82, 2.24) is 4.98 Å². The summed E-state index contributed by atoms with van der Waals surface area (Å²) in [6.45, 7) is 0. The molecule has 0 radical (unpaired) electrons. The van der Waals surface area contributed by atoms with E-state index < -0.39 is 0 Å². The van der Waals surface area contributed by atoms with Gasteiger partial charge in [-0.05, 0) is 40.4 Å². The van der Waals surface area contributed by atoms with Crippen LogP contribution in [0, 0.1) is 0 Å². The van der Waals surface area contributed by atoms with Crippen LogP contribution in [0.25, 0.3) is 10.2 Å². The van der Waals surface area contributed by atoms with Crippen molar-refractivity contribution < 1.29 is 0 Å². The van der Waals surface area contributed by atoms with Crippen LogP contribution in [-0.2, 0) is 0 Å². The van der Waals surface area contributed by atoms with E-state index in [9.17, 15) is 0 Å². The Morgan fingerprint density at radius 3 is 3.08 bits per heavy atom. The largest absolute Gasteiger partial charge is 0.229 e. The van der Waals surface area contributed by atoms with Gasteiger partial charge in [0.05, 0.1) is 10.2 Å². The number of halogens is 1. The normalized spacial score (nSPS) is 10.8. The van der Waals surface area contributed by atoms with E-state index in [-0.39, 0.29) is 0 Å². The maximum atomic E-state index is 4.31. The van der Waals surface area contributed by atoms with Gasteiger partial charge in [0.2, 0.25) is 0 Å². The van der Waals surface area contributed by atoms with Gasteiger partial charge in [0.25, 0.3) is 0 Å². The van der Waals surface area contributed by atoms with Crippen LogP contribution >= 0.6 is 39.0 Å². The SMILES string of the molecule is CSc1ccc2nc(Br)sc2c1. The number of thioether (sulfide) groups is 1. The highest BCUT2D eigenvalue weighted by molar-refractivity contribution is 9.11. The molecule has 1 heterocycles. The van der Waals surface area contributed by atoms with Gasteiger partial charge in [-0.15, -0.1) is 23.1 Å². The number of fused-ring (bicyclic) bond motifs is 1. The van der Waals surface area contributed by atoms with E-state index in [4.69, 9.17) is 0 Å². The van der Waals surface area contributed by atoms with Crippen LogP contribution in [0.3, 0.4) is 0 Å². The molecule has 0 saturated carbocycles. The molecule has 12 heavy (non-hydrogen) atoms. The molecule has 2 rings (SSSR count). The second-order valence-electron chi connectivity index (χ2n) is 2.30. The average Bonchev–Trinajstić information content (AvgIpc) is 2.43. The summed E-state index contributed by atoms with van der Waals surface area (Å²) in [4.78, 5) is 5.60. The molecule has 0 aliphatic carbocycles. The molecule has 1 nitrogen and oxygen atoms in total. The van der Waals surface area contributed by atoms with E-state index in [0.717, 1.165) is 9.43 Å². The second-order valence-corrected chi connectivity index (χ2v) is 5.49. The molecule has 0 fully saturated rings. The third-order valence-corrected chi connectivity index (χ3v) is 3.76. The van der Waals surface area contributed by atoms with Crippen LogP contribution in [-0.4, -0.2) is 11.2 Å². The van der Waals surface area contributed by atoms with Crippen molar-refractivity contribution >= 4 is 49.2 Å². The number of hydrogen-bond acceptors (Lipinski definition) is 3. The first-order valence-electron chi connectivity index (χ1n) is 3.39. The number of thiazole rings is 1. The lowest BCUT2D eigenvalue weighted by atomic mass is 10.3. The molecule has 1 aromatic carbocycles. The van der Waals surface area contributed by atoms with E-state index in [1.807, 2.05) is 0 Å². The first-order chi connectivity index (χ1) is 5.79. The van der Waals surface area contributed by atoms with Gasteiger partial charge in [-0.25, -0.2) is 4.98 Å². The topological polar surface area (TPSA) is 12.9 Å². The molecule has 0 N–H and O–H groups in total. The summed E-state index contributed by atoms with van der Waals surface area (Å²) in [6.07, 6.45) is 2.08. The van der Waals surface area contributed by atoms with Gasteiger partial charge in [0.15, 0.2) is 3.92 Å². The standard InChI is InChI=1S/C8H6BrNS2/c1-11-5-2-3-6-7(4-5)12-8(9)10-6/h2-4H,1H3. The summed E-state index contributed by atoms with van der Waals surface area (Å²) in [5.74, 6) is 0. The molecular weight excluding hydrogens is 254 g/mol. The van der Waals surface area contributed by atoms with Crippen molar-refractivity contribution in [3.63, 3.8) is 0 Å². The number of aromatic nitrogens is 1. The van der Waals surface area contributed by atoms with E-state index >= 15 is 0 Å². The Morgan fingerprint density at radius 1 is 1.50 bits per heavy atom. The first kappa shape index (κ1) is 8.53. The summed E-state index contributed by atoms with van der Waals surface area (Å²) < 4.78 is 2.20. The number of hydrogen-bond donors (Lipinski definition) is 0. The van der Waals surface area contributed by atoms with E-state index in [1.165, 1.54) is 9.60 Å². The summed E-state index contributed by atoms with van der Waals surface area (Å²) in [6, 6.07) is 6.32. The lowest BCUT2D eigenvalue weighted by Crippen LogP contribution is -1.69. The van der Waals surface area contributed by atoms with Gasteiger partial charge < -0.3 is 0 Å². The van der Waals surface area contributed by atoms with Crippen LogP contribution in [0.2, 0.25) is 0 Å². The lowest BCUT2D eigenvalue weighted by Gasteiger charge is -1.92. The zero-order chi connectivity index (χ0) is 8.55. The smallest absolute Gasteiger partial charge is 0.160 e. The molecular formula is C8H6BrNS2. The lowest BCUT2D eigenvalue weighted by molar-refractivity contribution is 1.43. The predicted octanol–water partition coefficient (Wildman–Crippen LogP) is 3.78. The van der Waals surface area contributed by atoms with Crippen molar-refractivity contribution in [2.24, 2.45) is 0 Å². The zero-order valence-electron chi connectivity index (χ0n) is 6.37. The number of rotatable bonds is 1. The maximum Gasteiger partial charge on any atom is 0.160 e. The van der Waals surface area contributed by atoms with Crippen LogP contribution in [0.4, 0.5) is 0 Å². The number of benzene rings is 1. The fraction of sp³-hybridized carbons (Fsp3) is 0.125. The van der Waals surface area contributed by atoms with Crippen LogP contribution in [0.5, 0.6) is 0 Å². The van der Waals surface area contributed by atoms with Crippen molar-refractivity contribution in [3.05, 3.63) is 22.1 Å². The molecule has 4 heteroatoms. The van der Waals surface area contributed by atoms with Crippen molar-refractivity contribution in [3.8, 4) is 0 Å². The van der Waals surface area contributed by atoms with Gasteiger partial charge in [-0.3, -0.25) is 0 Å². The van der Waals surface area contributed by atoms with E-state index in [0.29, 0.717) is 0 Å². The molecule has 1 aromatic heterocycles. The molecule has 2 aromatic rings. The predicted molar refractivity (Wildman–Crippen MR) is 59.1 cm³/mol. The first-order valence-corrected chi connectivity index (χ1v) is 6.23. The third kappa shape index (κ3) is 1.51. The van der Waals surface area contributed by atoms with Gasteiger partial charge in [0, 0.05) is 4.90 Å². The van der Waals surface area contributed by atoms with E-state index in [2.05, 4.69) is 45.4 Å². The van der Waals surface area contributed by atoms with E-state index in [1.54, 1.807) is 23.1 Å². The minimum Gasteiger partial charge on any atom is -0.229 e. The zero-order valence-corrected chi connectivity index (χ0v) is 9.59. The van der Waals surface area contributed by atoms with Crippen LogP contribution in [0.1, 0.15) is 0 Å². The van der Waals surface area contributed by atoms with Crippen LogP contribution < -0.4 is 0 Å². The molecule has 0 bridgehead atoms. The van der Waals surface area contributed by atoms with Crippen molar-refractivity contribution in [2.75, 3.05) is 6.26 Å². The Labute approximate surface area is 87.3 Å². The van der Waals surface area contributed by atoms with Crippen LogP contribution in [0.15, 0.2) is 27.0 Å². The highest BCUT2D eigenvalue weighted by Crippen LogP contribution is 2.29. The minimum absolute atomic E-state index is 0.954. The molecule has 62 valence electrons. The fourth-order valence-corrected chi connectivity index (χ4v) is 2.96. The van der Waals surface area contributed by atoms with Gasteiger partial charge in [0.1, 0.15) is 0 Å². The fourth-order valence-electron chi connectivity index (χ4n) is 1.00. The average molecular weight is 260 g/mol. The van der Waals surface area contributed by atoms with Gasteiger partial charge in [-0.1, -0.05) is 0 Å². The second kappa shape index (κ2) is 3.36. The Morgan fingerprint density at radius 2 is 2.33 bits per heavy atom. The summed E-state index contributed by atoms with van der Waals surface area (Å²) in [7, 11) is 0. The minimum atomic E-state index is 0.954. The Balaban J connectivity index is 2.66. The Hall–Kier alpha value is -0.0600. The molecule has 0 unspecified atom stereocenters.